The molecule has 0 aliphatic carbocycles. The number of carbonyl (C=O) groups excluding carboxylic acids is 3. The fourth-order valence-electron chi connectivity index (χ4n) is 3.35. The van der Waals surface area contributed by atoms with E-state index in [2.05, 4.69) is 5.32 Å². The first-order valence-corrected chi connectivity index (χ1v) is 9.88. The van der Waals surface area contributed by atoms with E-state index in [0.29, 0.717) is 29.9 Å². The highest BCUT2D eigenvalue weighted by atomic mass is 16.5. The van der Waals surface area contributed by atoms with E-state index in [-0.39, 0.29) is 11.8 Å². The number of carbonyl (C=O) groups is 3. The van der Waals surface area contributed by atoms with E-state index in [1.54, 1.807) is 36.1 Å². The zero-order valence-electron chi connectivity index (χ0n) is 17.0. The van der Waals surface area contributed by atoms with Crippen molar-refractivity contribution in [2.45, 2.75) is 45.6 Å². The van der Waals surface area contributed by atoms with Crippen molar-refractivity contribution in [2.24, 2.45) is 0 Å². The van der Waals surface area contributed by atoms with Crippen LogP contribution < -0.4 is 10.2 Å². The molecule has 1 heterocycles. The largest absolute Gasteiger partial charge is 0.449 e. The molecular weight excluding hydrogens is 368 g/mol. The lowest BCUT2D eigenvalue weighted by Crippen LogP contribution is -2.30. The summed E-state index contributed by atoms with van der Waals surface area (Å²) in [7, 11) is 0. The number of nitrogens with one attached hydrogen (secondary N) is 1. The molecule has 2 aromatic rings. The van der Waals surface area contributed by atoms with Gasteiger partial charge in [0.25, 0.3) is 5.91 Å². The van der Waals surface area contributed by atoms with E-state index >= 15 is 0 Å². The van der Waals surface area contributed by atoms with Crippen molar-refractivity contribution in [1.82, 2.24) is 0 Å². The Labute approximate surface area is 170 Å². The molecule has 1 aliphatic rings. The molecular formula is C23H26N2O4. The summed E-state index contributed by atoms with van der Waals surface area (Å²) in [6.07, 6.45) is 0.367. The van der Waals surface area contributed by atoms with Crippen molar-refractivity contribution in [3.8, 4) is 0 Å². The molecule has 0 saturated carbocycles. The molecule has 6 nitrogen and oxygen atoms in total. The van der Waals surface area contributed by atoms with Gasteiger partial charge in [0.05, 0.1) is 5.56 Å². The number of para-hydroxylation sites is 1. The minimum absolute atomic E-state index is 0.0482. The van der Waals surface area contributed by atoms with Crippen LogP contribution in [0.1, 0.15) is 55.5 Å². The number of nitrogens with zero attached hydrogens (tertiary/aromatic N) is 1. The third kappa shape index (κ3) is 4.83. The van der Waals surface area contributed by atoms with Crippen molar-refractivity contribution < 1.29 is 19.1 Å². The van der Waals surface area contributed by atoms with Crippen LogP contribution in [0, 0.1) is 0 Å². The fraction of sp³-hybridized carbons (Fsp3) is 0.348. The summed E-state index contributed by atoms with van der Waals surface area (Å²) in [5.74, 6) is -0.692. The van der Waals surface area contributed by atoms with Crippen LogP contribution in [-0.2, 0) is 14.3 Å². The minimum atomic E-state index is -0.959. The molecule has 2 amide bonds. The number of amides is 2. The number of hydrogen-bond acceptors (Lipinski definition) is 4. The van der Waals surface area contributed by atoms with Gasteiger partial charge in [-0.15, -0.1) is 0 Å². The van der Waals surface area contributed by atoms with Gasteiger partial charge < -0.3 is 15.0 Å². The molecule has 1 saturated heterocycles. The first-order chi connectivity index (χ1) is 13.9. The summed E-state index contributed by atoms with van der Waals surface area (Å²) in [6, 6.07) is 14.3. The Kier molecular flexibility index (Phi) is 6.32. The second-order valence-electron chi connectivity index (χ2n) is 7.48. The van der Waals surface area contributed by atoms with Gasteiger partial charge in [-0.25, -0.2) is 4.79 Å². The molecule has 0 unspecified atom stereocenters. The minimum Gasteiger partial charge on any atom is -0.449 e. The molecule has 0 spiro atoms. The zero-order chi connectivity index (χ0) is 21.0. The van der Waals surface area contributed by atoms with Crippen molar-refractivity contribution in [2.75, 3.05) is 16.8 Å². The Morgan fingerprint density at radius 1 is 1.07 bits per heavy atom. The van der Waals surface area contributed by atoms with E-state index in [1.165, 1.54) is 0 Å². The SMILES string of the molecule is CC(C)c1ccccc1NC(=O)[C@@H](C)OC(=O)c1cccc(N2CCCC2=O)c1. The predicted molar refractivity (Wildman–Crippen MR) is 112 cm³/mol. The van der Waals surface area contributed by atoms with Crippen molar-refractivity contribution in [1.29, 1.82) is 0 Å². The summed E-state index contributed by atoms with van der Waals surface area (Å²) in [4.78, 5) is 38.7. The van der Waals surface area contributed by atoms with Gasteiger partial charge in [0.15, 0.2) is 6.10 Å². The first-order valence-electron chi connectivity index (χ1n) is 9.88. The molecule has 6 heteroatoms. The molecule has 1 fully saturated rings. The van der Waals surface area contributed by atoms with E-state index in [9.17, 15) is 14.4 Å². The topological polar surface area (TPSA) is 75.7 Å². The van der Waals surface area contributed by atoms with Crippen LogP contribution in [0.4, 0.5) is 11.4 Å². The van der Waals surface area contributed by atoms with Gasteiger partial charge >= 0.3 is 5.97 Å². The van der Waals surface area contributed by atoms with Gasteiger partial charge in [0.2, 0.25) is 5.91 Å². The van der Waals surface area contributed by atoms with Crippen molar-refractivity contribution in [3.63, 3.8) is 0 Å². The van der Waals surface area contributed by atoms with Crippen LogP contribution in [0.15, 0.2) is 48.5 Å². The second kappa shape index (κ2) is 8.90. The lowest BCUT2D eigenvalue weighted by atomic mass is 10.0. The van der Waals surface area contributed by atoms with Gasteiger partial charge in [-0.1, -0.05) is 38.1 Å². The third-order valence-electron chi connectivity index (χ3n) is 4.96. The second-order valence-corrected chi connectivity index (χ2v) is 7.48. The van der Waals surface area contributed by atoms with E-state index < -0.39 is 18.0 Å². The predicted octanol–water partition coefficient (Wildman–Crippen LogP) is 4.12. The monoisotopic (exact) mass is 394 g/mol. The molecule has 1 N–H and O–H groups in total. The standard InChI is InChI=1S/C23H26N2O4/c1-15(2)19-10-4-5-11-20(19)24-22(27)16(3)29-23(28)17-8-6-9-18(14-17)25-13-7-12-21(25)26/h4-6,8-11,14-16H,7,12-13H2,1-3H3,(H,24,27)/t16-/m1/s1. The maximum Gasteiger partial charge on any atom is 0.338 e. The van der Waals surface area contributed by atoms with E-state index in [1.807, 2.05) is 38.1 Å². The van der Waals surface area contributed by atoms with E-state index in [4.69, 9.17) is 4.74 Å². The molecule has 1 aliphatic heterocycles. The molecule has 0 bridgehead atoms. The fourth-order valence-corrected chi connectivity index (χ4v) is 3.35. The number of rotatable bonds is 6. The molecule has 0 radical (unpaired) electrons. The molecule has 3 rings (SSSR count). The van der Waals surface area contributed by atoms with Crippen LogP contribution in [0.2, 0.25) is 0 Å². The highest BCUT2D eigenvalue weighted by Gasteiger charge is 2.24. The van der Waals surface area contributed by atoms with Gasteiger partial charge in [-0.05, 0) is 49.1 Å². The van der Waals surface area contributed by atoms with Crippen LogP contribution in [0.3, 0.4) is 0 Å². The van der Waals surface area contributed by atoms with Gasteiger partial charge in [-0.2, -0.15) is 0 Å². The smallest absolute Gasteiger partial charge is 0.338 e. The summed E-state index contributed by atoms with van der Waals surface area (Å²) >= 11 is 0. The molecule has 0 aromatic heterocycles. The Bertz CT molecular complexity index is 923. The number of anilines is 2. The van der Waals surface area contributed by atoms with Gasteiger partial charge in [0.1, 0.15) is 0 Å². The number of ether oxygens (including phenoxy) is 1. The van der Waals surface area contributed by atoms with E-state index in [0.717, 1.165) is 12.0 Å². The van der Waals surface area contributed by atoms with Crippen LogP contribution in [-0.4, -0.2) is 30.4 Å². The van der Waals surface area contributed by atoms with Crippen LogP contribution >= 0.6 is 0 Å². The molecule has 1 atom stereocenters. The summed E-state index contributed by atoms with van der Waals surface area (Å²) in [6.45, 7) is 6.28. The Hall–Kier alpha value is -3.15. The number of esters is 1. The van der Waals surface area contributed by atoms with Crippen LogP contribution in [0.25, 0.3) is 0 Å². The van der Waals surface area contributed by atoms with Gasteiger partial charge in [-0.3, -0.25) is 9.59 Å². The maximum absolute atomic E-state index is 12.5. The van der Waals surface area contributed by atoms with Crippen LogP contribution in [0.5, 0.6) is 0 Å². The summed E-state index contributed by atoms with van der Waals surface area (Å²) < 4.78 is 5.36. The summed E-state index contributed by atoms with van der Waals surface area (Å²) in [5.41, 5.74) is 2.71. The highest BCUT2D eigenvalue weighted by Crippen LogP contribution is 2.25. The Morgan fingerprint density at radius 3 is 2.52 bits per heavy atom. The average molecular weight is 394 g/mol. The maximum atomic E-state index is 12.5. The molecule has 152 valence electrons. The highest BCUT2D eigenvalue weighted by molar-refractivity contribution is 5.99. The zero-order valence-corrected chi connectivity index (χ0v) is 17.0. The van der Waals surface area contributed by atoms with Gasteiger partial charge in [0, 0.05) is 24.3 Å². The molecule has 2 aromatic carbocycles. The lowest BCUT2D eigenvalue weighted by molar-refractivity contribution is -0.123. The number of benzene rings is 2. The average Bonchev–Trinajstić information content (AvgIpc) is 3.14. The summed E-state index contributed by atoms with van der Waals surface area (Å²) in [5, 5.41) is 2.84. The lowest BCUT2D eigenvalue weighted by Gasteiger charge is -2.18. The Balaban J connectivity index is 1.66. The first kappa shape index (κ1) is 20.6. The molecule has 29 heavy (non-hydrogen) atoms. The normalized spacial score (nSPS) is 14.8. The van der Waals surface area contributed by atoms with Crippen molar-refractivity contribution >= 4 is 29.2 Å². The Morgan fingerprint density at radius 2 is 1.83 bits per heavy atom. The quantitative estimate of drug-likeness (QED) is 0.748. The number of hydrogen-bond donors (Lipinski definition) is 1. The van der Waals surface area contributed by atoms with Crippen molar-refractivity contribution in [3.05, 3.63) is 59.7 Å². The third-order valence-corrected chi connectivity index (χ3v) is 4.96.